The van der Waals surface area contributed by atoms with Gasteiger partial charge in [-0.05, 0) is 18.2 Å². The molecular formula is C14H15N3O. The molecule has 0 saturated carbocycles. The number of nitrogens with zero attached hydrogens (tertiary/aromatic N) is 2. The van der Waals surface area contributed by atoms with Gasteiger partial charge in [0.25, 0.3) is 0 Å². The highest BCUT2D eigenvalue weighted by Gasteiger charge is 2.16. The lowest BCUT2D eigenvalue weighted by Gasteiger charge is -2.07. The van der Waals surface area contributed by atoms with Crippen LogP contribution in [-0.4, -0.2) is 9.78 Å². The van der Waals surface area contributed by atoms with E-state index in [0.29, 0.717) is 6.42 Å². The van der Waals surface area contributed by atoms with E-state index >= 15 is 0 Å². The first-order valence-corrected chi connectivity index (χ1v) is 5.95. The van der Waals surface area contributed by atoms with Crippen LogP contribution in [0.4, 0.5) is 0 Å². The van der Waals surface area contributed by atoms with Gasteiger partial charge in [-0.2, -0.15) is 5.10 Å². The summed E-state index contributed by atoms with van der Waals surface area (Å²) >= 11 is 0. The number of aryl methyl sites for hydroxylation is 1. The van der Waals surface area contributed by atoms with E-state index in [1.165, 1.54) is 0 Å². The normalized spacial score (nSPS) is 13.0. The predicted molar refractivity (Wildman–Crippen MR) is 70.1 cm³/mol. The Morgan fingerprint density at radius 1 is 1.28 bits per heavy atom. The summed E-state index contributed by atoms with van der Waals surface area (Å²) in [5, 5.41) is 5.63. The molecule has 4 nitrogen and oxygen atoms in total. The lowest BCUT2D eigenvalue weighted by atomic mass is 10.1. The molecule has 0 fully saturated rings. The Balaban J connectivity index is 1.98. The summed E-state index contributed by atoms with van der Waals surface area (Å²) in [6, 6.07) is 11.8. The van der Waals surface area contributed by atoms with E-state index in [9.17, 15) is 0 Å². The summed E-state index contributed by atoms with van der Waals surface area (Å²) in [6.07, 6.45) is 2.33. The Hall–Kier alpha value is -2.07. The summed E-state index contributed by atoms with van der Waals surface area (Å²) in [6.45, 7) is 0. The van der Waals surface area contributed by atoms with Gasteiger partial charge < -0.3 is 10.2 Å². The number of para-hydroxylation sites is 1. The molecule has 3 rings (SSSR count). The zero-order valence-corrected chi connectivity index (χ0v) is 10.2. The third kappa shape index (κ3) is 1.80. The SMILES string of the molecule is Cn1nc(C(N)Cc2ccco2)c2ccccc21. The van der Waals surface area contributed by atoms with Crippen LogP contribution in [0, 0.1) is 0 Å². The monoisotopic (exact) mass is 241 g/mol. The Bertz CT molecular complexity index is 655. The van der Waals surface area contributed by atoms with Crippen molar-refractivity contribution in [3.8, 4) is 0 Å². The molecule has 0 amide bonds. The average Bonchev–Trinajstić information content (AvgIpc) is 2.98. The van der Waals surface area contributed by atoms with Gasteiger partial charge in [-0.15, -0.1) is 0 Å². The fraction of sp³-hybridized carbons (Fsp3) is 0.214. The van der Waals surface area contributed by atoms with Crippen molar-refractivity contribution >= 4 is 10.9 Å². The van der Waals surface area contributed by atoms with Gasteiger partial charge in [0.2, 0.25) is 0 Å². The standard InChI is InChI=1S/C14H15N3O/c1-17-13-7-3-2-6-11(13)14(16-17)12(15)9-10-5-4-8-18-10/h2-8,12H,9,15H2,1H3. The third-order valence-electron chi connectivity index (χ3n) is 3.14. The van der Waals surface area contributed by atoms with Gasteiger partial charge in [0.05, 0.1) is 23.5 Å². The number of fused-ring (bicyclic) bond motifs is 1. The molecule has 2 N–H and O–H groups in total. The second kappa shape index (κ2) is 4.31. The Kier molecular flexibility index (Phi) is 2.64. The molecule has 1 aromatic carbocycles. The molecule has 1 atom stereocenters. The second-order valence-electron chi connectivity index (χ2n) is 4.42. The average molecular weight is 241 g/mol. The van der Waals surface area contributed by atoms with E-state index in [4.69, 9.17) is 10.2 Å². The smallest absolute Gasteiger partial charge is 0.105 e. The van der Waals surface area contributed by atoms with Crippen molar-refractivity contribution in [3.63, 3.8) is 0 Å². The lowest BCUT2D eigenvalue weighted by Crippen LogP contribution is -2.14. The summed E-state index contributed by atoms with van der Waals surface area (Å²) in [5.41, 5.74) is 8.25. The van der Waals surface area contributed by atoms with Crippen LogP contribution in [0.2, 0.25) is 0 Å². The molecular weight excluding hydrogens is 226 g/mol. The van der Waals surface area contributed by atoms with Crippen LogP contribution < -0.4 is 5.73 Å². The van der Waals surface area contributed by atoms with E-state index in [2.05, 4.69) is 11.2 Å². The predicted octanol–water partition coefficient (Wildman–Crippen LogP) is 2.41. The minimum atomic E-state index is -0.151. The van der Waals surface area contributed by atoms with Crippen molar-refractivity contribution in [3.05, 3.63) is 54.1 Å². The van der Waals surface area contributed by atoms with E-state index in [1.54, 1.807) is 6.26 Å². The molecule has 3 aromatic rings. The zero-order valence-electron chi connectivity index (χ0n) is 10.2. The third-order valence-corrected chi connectivity index (χ3v) is 3.14. The summed E-state index contributed by atoms with van der Waals surface area (Å²) in [7, 11) is 1.94. The molecule has 0 saturated heterocycles. The highest BCUT2D eigenvalue weighted by Crippen LogP contribution is 2.24. The van der Waals surface area contributed by atoms with Gasteiger partial charge in [0, 0.05) is 18.9 Å². The van der Waals surface area contributed by atoms with Crippen LogP contribution in [0.5, 0.6) is 0 Å². The first-order valence-electron chi connectivity index (χ1n) is 5.95. The van der Waals surface area contributed by atoms with Crippen molar-refractivity contribution in [2.75, 3.05) is 0 Å². The molecule has 1 unspecified atom stereocenters. The molecule has 0 radical (unpaired) electrons. The molecule has 0 aliphatic rings. The van der Waals surface area contributed by atoms with Gasteiger partial charge >= 0.3 is 0 Å². The van der Waals surface area contributed by atoms with Crippen molar-refractivity contribution in [2.45, 2.75) is 12.5 Å². The van der Waals surface area contributed by atoms with E-state index < -0.39 is 0 Å². The van der Waals surface area contributed by atoms with E-state index in [1.807, 2.05) is 42.1 Å². The maximum Gasteiger partial charge on any atom is 0.105 e. The fourth-order valence-electron chi connectivity index (χ4n) is 2.26. The Morgan fingerprint density at radius 2 is 2.11 bits per heavy atom. The largest absolute Gasteiger partial charge is 0.469 e. The number of aromatic nitrogens is 2. The van der Waals surface area contributed by atoms with Crippen molar-refractivity contribution in [1.29, 1.82) is 0 Å². The summed E-state index contributed by atoms with van der Waals surface area (Å²) in [4.78, 5) is 0. The minimum absolute atomic E-state index is 0.151. The second-order valence-corrected chi connectivity index (χ2v) is 4.42. The molecule has 0 spiro atoms. The van der Waals surface area contributed by atoms with Crippen LogP contribution in [0.1, 0.15) is 17.5 Å². The lowest BCUT2D eigenvalue weighted by molar-refractivity contribution is 0.485. The molecule has 0 aliphatic carbocycles. The number of hydrogen-bond donors (Lipinski definition) is 1. The van der Waals surface area contributed by atoms with Crippen LogP contribution in [0.3, 0.4) is 0 Å². The van der Waals surface area contributed by atoms with Gasteiger partial charge in [0.15, 0.2) is 0 Å². The fourth-order valence-corrected chi connectivity index (χ4v) is 2.26. The molecule has 92 valence electrons. The quantitative estimate of drug-likeness (QED) is 0.766. The maximum atomic E-state index is 6.23. The highest BCUT2D eigenvalue weighted by atomic mass is 16.3. The van der Waals surface area contributed by atoms with Crippen LogP contribution in [0.25, 0.3) is 10.9 Å². The zero-order chi connectivity index (χ0) is 12.5. The van der Waals surface area contributed by atoms with Gasteiger partial charge in [0.1, 0.15) is 5.76 Å². The Labute approximate surface area is 105 Å². The van der Waals surface area contributed by atoms with Crippen LogP contribution in [-0.2, 0) is 13.5 Å². The molecule has 4 heteroatoms. The van der Waals surface area contributed by atoms with Gasteiger partial charge in [-0.3, -0.25) is 4.68 Å². The number of furan rings is 1. The first kappa shape index (κ1) is 11.0. The van der Waals surface area contributed by atoms with Crippen LogP contribution >= 0.6 is 0 Å². The molecule has 2 aromatic heterocycles. The summed E-state index contributed by atoms with van der Waals surface area (Å²) in [5.74, 6) is 0.886. The van der Waals surface area contributed by atoms with E-state index in [-0.39, 0.29) is 6.04 Å². The summed E-state index contributed by atoms with van der Waals surface area (Å²) < 4.78 is 7.20. The molecule has 0 bridgehead atoms. The molecule has 0 aliphatic heterocycles. The number of hydrogen-bond acceptors (Lipinski definition) is 3. The number of benzene rings is 1. The van der Waals surface area contributed by atoms with Crippen molar-refractivity contribution < 1.29 is 4.42 Å². The van der Waals surface area contributed by atoms with Gasteiger partial charge in [-0.1, -0.05) is 18.2 Å². The van der Waals surface area contributed by atoms with Crippen molar-refractivity contribution in [1.82, 2.24) is 9.78 Å². The highest BCUT2D eigenvalue weighted by molar-refractivity contribution is 5.82. The van der Waals surface area contributed by atoms with Crippen molar-refractivity contribution in [2.24, 2.45) is 12.8 Å². The first-order chi connectivity index (χ1) is 8.75. The number of rotatable bonds is 3. The Morgan fingerprint density at radius 3 is 2.89 bits per heavy atom. The number of nitrogens with two attached hydrogens (primary N) is 1. The topological polar surface area (TPSA) is 57.0 Å². The van der Waals surface area contributed by atoms with E-state index in [0.717, 1.165) is 22.4 Å². The van der Waals surface area contributed by atoms with Crippen LogP contribution in [0.15, 0.2) is 47.1 Å². The van der Waals surface area contributed by atoms with Gasteiger partial charge in [-0.25, -0.2) is 0 Å². The molecule has 18 heavy (non-hydrogen) atoms. The maximum absolute atomic E-state index is 6.23. The minimum Gasteiger partial charge on any atom is -0.469 e. The molecule has 2 heterocycles.